The lowest BCUT2D eigenvalue weighted by Gasteiger charge is -2.34. The van der Waals surface area contributed by atoms with E-state index in [4.69, 9.17) is 0 Å². The number of nitrogens with one attached hydrogen (secondary N) is 2. The fourth-order valence-corrected chi connectivity index (χ4v) is 3.86. The van der Waals surface area contributed by atoms with Crippen LogP contribution in [0.2, 0.25) is 0 Å². The summed E-state index contributed by atoms with van der Waals surface area (Å²) in [6.45, 7) is 4.78. The smallest absolute Gasteiger partial charge is 0.313 e. The van der Waals surface area contributed by atoms with Gasteiger partial charge in [-0.3, -0.25) is 9.59 Å². The first kappa shape index (κ1) is 22.2. The first-order valence-electron chi connectivity index (χ1n) is 10.3. The Morgan fingerprint density at radius 2 is 1.73 bits per heavy atom. The van der Waals surface area contributed by atoms with E-state index in [9.17, 15) is 9.59 Å². The number of rotatable bonds is 7. The van der Waals surface area contributed by atoms with Crippen molar-refractivity contribution in [2.75, 3.05) is 56.2 Å². The molecule has 1 aliphatic heterocycles. The van der Waals surface area contributed by atoms with Gasteiger partial charge in [-0.15, -0.1) is 11.8 Å². The number of aryl methyl sites for hydroxylation is 1. The van der Waals surface area contributed by atoms with Gasteiger partial charge in [-0.1, -0.05) is 18.2 Å². The number of benzene rings is 2. The van der Waals surface area contributed by atoms with Gasteiger partial charge in [0.2, 0.25) is 0 Å². The summed E-state index contributed by atoms with van der Waals surface area (Å²) in [5.74, 6) is -1.24. The highest BCUT2D eigenvalue weighted by atomic mass is 32.2. The fourth-order valence-electron chi connectivity index (χ4n) is 3.40. The van der Waals surface area contributed by atoms with Crippen LogP contribution in [-0.4, -0.2) is 62.7 Å². The number of carbonyl (C=O) groups excluding carboxylic acids is 2. The molecule has 2 amide bonds. The van der Waals surface area contributed by atoms with Gasteiger partial charge in [-0.05, 0) is 62.0 Å². The zero-order valence-electron chi connectivity index (χ0n) is 17.7. The first-order chi connectivity index (χ1) is 14.5. The summed E-state index contributed by atoms with van der Waals surface area (Å²) in [4.78, 5) is 29.9. The van der Waals surface area contributed by atoms with E-state index in [1.807, 2.05) is 24.5 Å². The summed E-state index contributed by atoms with van der Waals surface area (Å²) in [6.07, 6.45) is 3.61. The van der Waals surface area contributed by atoms with E-state index in [-0.39, 0.29) is 0 Å². The van der Waals surface area contributed by atoms with Crippen molar-refractivity contribution in [3.05, 3.63) is 54.1 Å². The van der Waals surface area contributed by atoms with Gasteiger partial charge in [0.1, 0.15) is 0 Å². The molecule has 0 spiro atoms. The van der Waals surface area contributed by atoms with Crippen molar-refractivity contribution in [2.24, 2.45) is 0 Å². The van der Waals surface area contributed by atoms with Crippen LogP contribution < -0.4 is 15.5 Å². The largest absolute Gasteiger partial charge is 0.369 e. The molecule has 0 aliphatic carbocycles. The Labute approximate surface area is 183 Å². The molecule has 7 heteroatoms. The summed E-state index contributed by atoms with van der Waals surface area (Å²) in [6, 6.07) is 16.1. The third-order valence-electron chi connectivity index (χ3n) is 5.27. The molecule has 0 unspecified atom stereocenters. The normalized spacial score (nSPS) is 14.4. The van der Waals surface area contributed by atoms with Crippen LogP contribution in [0, 0.1) is 0 Å². The second-order valence-electron chi connectivity index (χ2n) is 7.50. The number of carbonyl (C=O) groups is 2. The summed E-state index contributed by atoms with van der Waals surface area (Å²) >= 11 is 1.59. The Kier molecular flexibility index (Phi) is 8.16. The minimum atomic E-state index is -0.634. The van der Waals surface area contributed by atoms with E-state index in [0.29, 0.717) is 12.2 Å². The predicted molar refractivity (Wildman–Crippen MR) is 124 cm³/mol. The number of anilines is 2. The van der Waals surface area contributed by atoms with E-state index >= 15 is 0 Å². The molecule has 160 valence electrons. The van der Waals surface area contributed by atoms with Crippen LogP contribution in [0.15, 0.2) is 53.4 Å². The van der Waals surface area contributed by atoms with Crippen molar-refractivity contribution in [3.63, 3.8) is 0 Å². The van der Waals surface area contributed by atoms with E-state index in [2.05, 4.69) is 51.7 Å². The van der Waals surface area contributed by atoms with Gasteiger partial charge in [0, 0.05) is 49.0 Å². The van der Waals surface area contributed by atoms with Gasteiger partial charge in [0.25, 0.3) is 0 Å². The van der Waals surface area contributed by atoms with E-state index in [0.717, 1.165) is 43.9 Å². The number of hydrogen-bond donors (Lipinski definition) is 2. The fraction of sp³-hybridized carbons (Fsp3) is 0.391. The maximum atomic E-state index is 12.0. The molecule has 2 N–H and O–H groups in total. The molecular formula is C23H30N4O2S. The van der Waals surface area contributed by atoms with Crippen LogP contribution in [0.1, 0.15) is 12.0 Å². The van der Waals surface area contributed by atoms with Gasteiger partial charge in [0.15, 0.2) is 0 Å². The molecule has 1 aliphatic rings. The Morgan fingerprint density at radius 1 is 1.00 bits per heavy atom. The van der Waals surface area contributed by atoms with Crippen molar-refractivity contribution in [3.8, 4) is 0 Å². The average Bonchev–Trinajstić information content (AvgIpc) is 2.77. The van der Waals surface area contributed by atoms with Crippen LogP contribution in [0.3, 0.4) is 0 Å². The number of likely N-dealkylation sites (N-methyl/N-ethyl adjacent to an activating group) is 1. The van der Waals surface area contributed by atoms with E-state index in [1.165, 1.54) is 11.3 Å². The predicted octanol–water partition coefficient (Wildman–Crippen LogP) is 2.85. The molecule has 0 atom stereocenters. The first-order valence-corrected chi connectivity index (χ1v) is 11.5. The minimum absolute atomic E-state index is 0.470. The number of amides is 2. The molecule has 1 saturated heterocycles. The average molecular weight is 427 g/mol. The minimum Gasteiger partial charge on any atom is -0.369 e. The highest BCUT2D eigenvalue weighted by Crippen LogP contribution is 2.19. The molecule has 0 bridgehead atoms. The maximum Gasteiger partial charge on any atom is 0.313 e. The van der Waals surface area contributed by atoms with Crippen LogP contribution in [0.4, 0.5) is 11.4 Å². The summed E-state index contributed by atoms with van der Waals surface area (Å²) in [5, 5.41) is 5.34. The zero-order chi connectivity index (χ0) is 21.3. The highest BCUT2D eigenvalue weighted by Gasteiger charge is 2.15. The Bertz CT molecular complexity index is 849. The van der Waals surface area contributed by atoms with Crippen molar-refractivity contribution in [1.82, 2.24) is 10.2 Å². The quantitative estimate of drug-likeness (QED) is 0.405. The van der Waals surface area contributed by atoms with Crippen molar-refractivity contribution >= 4 is 35.0 Å². The topological polar surface area (TPSA) is 64.7 Å². The molecule has 0 saturated carbocycles. The van der Waals surface area contributed by atoms with Crippen LogP contribution in [-0.2, 0) is 16.0 Å². The lowest BCUT2D eigenvalue weighted by atomic mass is 10.1. The zero-order valence-corrected chi connectivity index (χ0v) is 18.5. The molecule has 0 aromatic heterocycles. The number of piperazine rings is 1. The molecule has 1 fully saturated rings. The van der Waals surface area contributed by atoms with Gasteiger partial charge in [-0.2, -0.15) is 0 Å². The molecule has 3 rings (SSSR count). The third kappa shape index (κ3) is 6.50. The lowest BCUT2D eigenvalue weighted by Crippen LogP contribution is -2.44. The van der Waals surface area contributed by atoms with Crippen molar-refractivity contribution in [1.29, 1.82) is 0 Å². The molecule has 1 heterocycles. The molecule has 6 nitrogen and oxygen atoms in total. The van der Waals surface area contributed by atoms with Crippen LogP contribution >= 0.6 is 11.8 Å². The SMILES string of the molecule is CSc1cccc(NC(=O)C(=O)NCCCc2ccc(N3CCN(C)CC3)cc2)c1. The van der Waals surface area contributed by atoms with Crippen molar-refractivity contribution < 1.29 is 9.59 Å². The molecule has 2 aromatic carbocycles. The number of hydrogen-bond acceptors (Lipinski definition) is 5. The van der Waals surface area contributed by atoms with Gasteiger partial charge >= 0.3 is 11.8 Å². The van der Waals surface area contributed by atoms with Crippen LogP contribution in [0.25, 0.3) is 0 Å². The maximum absolute atomic E-state index is 12.0. The summed E-state index contributed by atoms with van der Waals surface area (Å²) in [7, 11) is 2.16. The Balaban J connectivity index is 1.37. The Hall–Kier alpha value is -2.51. The van der Waals surface area contributed by atoms with E-state index in [1.54, 1.807) is 17.8 Å². The van der Waals surface area contributed by atoms with E-state index < -0.39 is 11.8 Å². The van der Waals surface area contributed by atoms with Crippen molar-refractivity contribution in [2.45, 2.75) is 17.7 Å². The highest BCUT2D eigenvalue weighted by molar-refractivity contribution is 7.98. The van der Waals surface area contributed by atoms with Gasteiger partial charge < -0.3 is 20.4 Å². The number of nitrogens with zero attached hydrogens (tertiary/aromatic N) is 2. The van der Waals surface area contributed by atoms with Gasteiger partial charge in [-0.25, -0.2) is 0 Å². The second kappa shape index (κ2) is 11.0. The molecular weight excluding hydrogens is 396 g/mol. The Morgan fingerprint density at radius 3 is 2.43 bits per heavy atom. The molecule has 30 heavy (non-hydrogen) atoms. The van der Waals surface area contributed by atoms with Crippen LogP contribution in [0.5, 0.6) is 0 Å². The summed E-state index contributed by atoms with van der Waals surface area (Å²) < 4.78 is 0. The third-order valence-corrected chi connectivity index (χ3v) is 5.99. The molecule has 0 radical (unpaired) electrons. The second-order valence-corrected chi connectivity index (χ2v) is 8.38. The standard InChI is InChI=1S/C23H30N4O2S/c1-26-13-15-27(16-14-26)20-10-8-18(9-11-20)5-4-12-24-22(28)23(29)25-19-6-3-7-21(17-19)30-2/h3,6-11,17H,4-5,12-16H2,1-2H3,(H,24,28)(H,25,29). The van der Waals surface area contributed by atoms with Gasteiger partial charge in [0.05, 0.1) is 0 Å². The monoisotopic (exact) mass is 426 g/mol. The number of thioether (sulfide) groups is 1. The molecule has 2 aromatic rings. The lowest BCUT2D eigenvalue weighted by molar-refractivity contribution is -0.136. The summed E-state index contributed by atoms with van der Waals surface area (Å²) in [5.41, 5.74) is 3.13.